The molecule has 0 aliphatic heterocycles. The molecule has 1 aromatic heterocycles. The highest BCUT2D eigenvalue weighted by Gasteiger charge is 2.14. The number of ether oxygens (including phenoxy) is 1. The number of fused-ring (bicyclic) bond motifs is 3. The zero-order valence-electron chi connectivity index (χ0n) is 15.5. The number of quaternary nitrogens is 1. The van der Waals surface area contributed by atoms with Gasteiger partial charge in [0.2, 0.25) is 0 Å². The van der Waals surface area contributed by atoms with Crippen molar-refractivity contribution < 1.29 is 14.1 Å². The maximum atomic E-state index is 12.1. The molecule has 4 aromatic rings. The summed E-state index contributed by atoms with van der Waals surface area (Å²) >= 11 is 0. The number of rotatable bonds is 5. The molecule has 3 aromatic carbocycles. The highest BCUT2D eigenvalue weighted by molar-refractivity contribution is 6.06. The van der Waals surface area contributed by atoms with Crippen molar-refractivity contribution in [3.63, 3.8) is 0 Å². The van der Waals surface area contributed by atoms with Crippen molar-refractivity contribution in [2.75, 3.05) is 14.2 Å². The topological polar surface area (TPSA) is 43.9 Å². The zero-order valence-corrected chi connectivity index (χ0v) is 15.5. The number of hydrogen-bond donors (Lipinski definition) is 1. The van der Waals surface area contributed by atoms with Crippen molar-refractivity contribution in [1.29, 1.82) is 0 Å². The molecule has 0 amide bonds. The molecular formula is C23H22NO3+. The summed E-state index contributed by atoms with van der Waals surface area (Å²) < 4.78 is 10.7. The number of benzene rings is 3. The van der Waals surface area contributed by atoms with Crippen LogP contribution in [0.3, 0.4) is 0 Å². The molecule has 4 heteroatoms. The first-order valence-electron chi connectivity index (χ1n) is 9.03. The van der Waals surface area contributed by atoms with Crippen molar-refractivity contribution in [2.24, 2.45) is 0 Å². The Hall–Kier alpha value is -3.11. The van der Waals surface area contributed by atoms with Crippen LogP contribution in [0.2, 0.25) is 0 Å². The molecule has 27 heavy (non-hydrogen) atoms. The average molecular weight is 360 g/mol. The second kappa shape index (κ2) is 7.25. The smallest absolute Gasteiger partial charge is 0.336 e. The van der Waals surface area contributed by atoms with E-state index in [1.165, 1.54) is 10.5 Å². The van der Waals surface area contributed by atoms with Crippen LogP contribution < -0.4 is 15.3 Å². The summed E-state index contributed by atoms with van der Waals surface area (Å²) in [6.07, 6.45) is 0. The summed E-state index contributed by atoms with van der Waals surface area (Å²) in [5.74, 6) is 0.856. The van der Waals surface area contributed by atoms with Gasteiger partial charge in [-0.25, -0.2) is 4.79 Å². The van der Waals surface area contributed by atoms with Crippen LogP contribution in [-0.2, 0) is 13.1 Å². The van der Waals surface area contributed by atoms with E-state index >= 15 is 0 Å². The molecule has 0 aliphatic carbocycles. The van der Waals surface area contributed by atoms with Gasteiger partial charge in [-0.15, -0.1) is 0 Å². The predicted molar refractivity (Wildman–Crippen MR) is 107 cm³/mol. The van der Waals surface area contributed by atoms with Crippen molar-refractivity contribution >= 4 is 21.7 Å². The molecule has 0 saturated carbocycles. The van der Waals surface area contributed by atoms with E-state index in [1.54, 1.807) is 13.2 Å². The lowest BCUT2D eigenvalue weighted by Crippen LogP contribution is -3.06. The Morgan fingerprint density at radius 3 is 2.52 bits per heavy atom. The summed E-state index contributed by atoms with van der Waals surface area (Å²) in [6, 6.07) is 21.8. The molecule has 1 atom stereocenters. The van der Waals surface area contributed by atoms with E-state index in [-0.39, 0.29) is 5.63 Å². The Morgan fingerprint density at radius 1 is 0.963 bits per heavy atom. The van der Waals surface area contributed by atoms with Gasteiger partial charge in [-0.1, -0.05) is 30.3 Å². The Bertz CT molecular complexity index is 1150. The van der Waals surface area contributed by atoms with Gasteiger partial charge in [0, 0.05) is 22.6 Å². The monoisotopic (exact) mass is 360 g/mol. The molecule has 1 heterocycles. The van der Waals surface area contributed by atoms with Crippen molar-refractivity contribution in [3.8, 4) is 5.75 Å². The summed E-state index contributed by atoms with van der Waals surface area (Å²) in [5.41, 5.74) is 2.59. The molecule has 0 fully saturated rings. The van der Waals surface area contributed by atoms with Crippen LogP contribution >= 0.6 is 0 Å². The van der Waals surface area contributed by atoms with E-state index in [1.807, 2.05) is 36.4 Å². The minimum Gasteiger partial charge on any atom is -0.497 e. The molecule has 0 saturated heterocycles. The molecule has 1 N–H and O–H groups in total. The minimum absolute atomic E-state index is 0.301. The SMILES string of the molecule is COc1ccc(C[NH+](C)Cc2cc(=O)oc3ccc4ccccc4c23)cc1. The molecule has 0 aliphatic rings. The van der Waals surface area contributed by atoms with Gasteiger partial charge in [0.25, 0.3) is 0 Å². The average Bonchev–Trinajstić information content (AvgIpc) is 2.68. The predicted octanol–water partition coefficient (Wildman–Crippen LogP) is 3.17. The standard InChI is InChI=1S/C23H21NO3/c1-24(14-16-7-10-19(26-2)11-8-16)15-18-13-22(25)27-21-12-9-17-5-3-4-6-20(17)23(18)21/h3-13H,14-15H2,1-2H3/p+1. The minimum atomic E-state index is -0.301. The van der Waals surface area contributed by atoms with E-state index in [2.05, 4.69) is 31.3 Å². The second-order valence-electron chi connectivity index (χ2n) is 6.91. The quantitative estimate of drug-likeness (QED) is 0.439. The number of nitrogens with one attached hydrogen (secondary N) is 1. The van der Waals surface area contributed by atoms with Gasteiger partial charge >= 0.3 is 5.63 Å². The largest absolute Gasteiger partial charge is 0.497 e. The maximum absolute atomic E-state index is 12.1. The first kappa shape index (κ1) is 17.3. The van der Waals surface area contributed by atoms with Crippen molar-refractivity contribution in [3.05, 3.63) is 88.3 Å². The van der Waals surface area contributed by atoms with Crippen molar-refractivity contribution in [2.45, 2.75) is 13.1 Å². The molecular weight excluding hydrogens is 338 g/mol. The lowest BCUT2D eigenvalue weighted by atomic mass is 10.0. The summed E-state index contributed by atoms with van der Waals surface area (Å²) in [6.45, 7) is 1.60. The lowest BCUT2D eigenvalue weighted by molar-refractivity contribution is -0.907. The number of methoxy groups -OCH3 is 1. The molecule has 0 spiro atoms. The third kappa shape index (κ3) is 3.57. The van der Waals surface area contributed by atoms with Gasteiger partial charge in [0.1, 0.15) is 24.4 Å². The van der Waals surface area contributed by atoms with Crippen LogP contribution in [-0.4, -0.2) is 14.2 Å². The fourth-order valence-electron chi connectivity index (χ4n) is 3.64. The lowest BCUT2D eigenvalue weighted by Gasteiger charge is -2.16. The summed E-state index contributed by atoms with van der Waals surface area (Å²) in [5, 5.41) is 3.29. The third-order valence-corrected chi connectivity index (χ3v) is 4.87. The Kier molecular flexibility index (Phi) is 4.65. The fraction of sp³-hybridized carbons (Fsp3) is 0.174. The van der Waals surface area contributed by atoms with Gasteiger partial charge in [-0.05, 0) is 41.1 Å². The van der Waals surface area contributed by atoms with Gasteiger partial charge < -0.3 is 14.1 Å². The Morgan fingerprint density at radius 2 is 1.74 bits per heavy atom. The van der Waals surface area contributed by atoms with Crippen LogP contribution in [0.25, 0.3) is 21.7 Å². The van der Waals surface area contributed by atoms with E-state index in [0.717, 1.165) is 40.6 Å². The van der Waals surface area contributed by atoms with Crippen LogP contribution in [0.15, 0.2) is 75.9 Å². The molecule has 0 radical (unpaired) electrons. The molecule has 4 rings (SSSR count). The first-order chi connectivity index (χ1) is 13.1. The van der Waals surface area contributed by atoms with E-state index in [4.69, 9.17) is 9.15 Å². The Balaban J connectivity index is 1.69. The molecule has 136 valence electrons. The van der Waals surface area contributed by atoms with E-state index in [0.29, 0.717) is 5.58 Å². The van der Waals surface area contributed by atoms with Crippen LogP contribution in [0.5, 0.6) is 5.75 Å². The highest BCUT2D eigenvalue weighted by atomic mass is 16.5. The second-order valence-corrected chi connectivity index (χ2v) is 6.91. The van der Waals surface area contributed by atoms with Crippen LogP contribution in [0.4, 0.5) is 0 Å². The van der Waals surface area contributed by atoms with Gasteiger partial charge in [-0.2, -0.15) is 0 Å². The summed E-state index contributed by atoms with van der Waals surface area (Å²) in [4.78, 5) is 13.4. The maximum Gasteiger partial charge on any atom is 0.336 e. The summed E-state index contributed by atoms with van der Waals surface area (Å²) in [7, 11) is 3.80. The van der Waals surface area contributed by atoms with Crippen LogP contribution in [0, 0.1) is 0 Å². The molecule has 4 nitrogen and oxygen atoms in total. The normalized spacial score (nSPS) is 12.4. The molecule has 0 bridgehead atoms. The van der Waals surface area contributed by atoms with Crippen molar-refractivity contribution in [1.82, 2.24) is 0 Å². The van der Waals surface area contributed by atoms with E-state index < -0.39 is 0 Å². The highest BCUT2D eigenvalue weighted by Crippen LogP contribution is 2.27. The van der Waals surface area contributed by atoms with Gasteiger partial charge in [0.05, 0.1) is 14.2 Å². The van der Waals surface area contributed by atoms with Gasteiger partial charge in [0.15, 0.2) is 0 Å². The van der Waals surface area contributed by atoms with E-state index in [9.17, 15) is 4.79 Å². The number of hydrogen-bond acceptors (Lipinski definition) is 3. The fourth-order valence-corrected chi connectivity index (χ4v) is 3.64. The first-order valence-corrected chi connectivity index (χ1v) is 9.03. The molecule has 1 unspecified atom stereocenters. The Labute approximate surface area is 157 Å². The zero-order chi connectivity index (χ0) is 18.8. The van der Waals surface area contributed by atoms with Gasteiger partial charge in [-0.3, -0.25) is 0 Å². The van der Waals surface area contributed by atoms with Crippen LogP contribution in [0.1, 0.15) is 11.1 Å². The third-order valence-electron chi connectivity index (χ3n) is 4.87.